The van der Waals surface area contributed by atoms with Gasteiger partial charge in [-0.15, -0.1) is 0 Å². The van der Waals surface area contributed by atoms with E-state index >= 15 is 0 Å². The molecule has 0 saturated heterocycles. The number of anilines is 1. The normalized spacial score (nSPS) is 11.1. The molecule has 0 aliphatic carbocycles. The van der Waals surface area contributed by atoms with Gasteiger partial charge in [-0.2, -0.15) is 0 Å². The summed E-state index contributed by atoms with van der Waals surface area (Å²) in [5, 5.41) is 3.02. The maximum absolute atomic E-state index is 12.2. The largest absolute Gasteiger partial charge is 0.345 e. The van der Waals surface area contributed by atoms with Gasteiger partial charge in [0.2, 0.25) is 5.91 Å². The van der Waals surface area contributed by atoms with Crippen LogP contribution in [0.5, 0.6) is 0 Å². The lowest BCUT2D eigenvalue weighted by Crippen LogP contribution is -2.24. The summed E-state index contributed by atoms with van der Waals surface area (Å²) in [6.07, 6.45) is 0. The maximum Gasteiger partial charge on any atom is 0.254 e. The summed E-state index contributed by atoms with van der Waals surface area (Å²) in [4.78, 5) is 25.4. The Balaban J connectivity index is 2.11. The third-order valence-corrected chi connectivity index (χ3v) is 5.58. The van der Waals surface area contributed by atoms with Gasteiger partial charge in [-0.1, -0.05) is 23.2 Å². The Morgan fingerprint density at radius 3 is 2.19 bits per heavy atom. The van der Waals surface area contributed by atoms with Gasteiger partial charge in [0.25, 0.3) is 5.91 Å². The zero-order valence-corrected chi connectivity index (χ0v) is 16.3. The molecule has 0 aliphatic rings. The fourth-order valence-corrected chi connectivity index (χ4v) is 3.62. The molecule has 6 nitrogen and oxygen atoms in total. The van der Waals surface area contributed by atoms with E-state index in [0.29, 0.717) is 10.7 Å². The van der Waals surface area contributed by atoms with Crippen molar-refractivity contribution >= 4 is 50.5 Å². The van der Waals surface area contributed by atoms with Gasteiger partial charge in [0.05, 0.1) is 15.5 Å². The van der Waals surface area contributed by atoms with E-state index in [4.69, 9.17) is 23.2 Å². The minimum Gasteiger partial charge on any atom is -0.345 e. The second-order valence-electron chi connectivity index (χ2n) is 5.66. The number of hydrogen-bond donors (Lipinski definition) is 1. The fraction of sp³-hybridized carbons (Fsp3) is 0.176. The summed E-state index contributed by atoms with van der Waals surface area (Å²) < 4.78 is 24.5. The van der Waals surface area contributed by atoms with E-state index in [0.717, 1.165) is 0 Å². The van der Waals surface area contributed by atoms with E-state index < -0.39 is 21.5 Å². The minimum atomic E-state index is -3.80. The van der Waals surface area contributed by atoms with Crippen LogP contribution in [0.15, 0.2) is 47.4 Å². The summed E-state index contributed by atoms with van der Waals surface area (Å²) in [5.41, 5.74) is 0.574. The molecule has 0 radical (unpaired) electrons. The van der Waals surface area contributed by atoms with Crippen molar-refractivity contribution in [2.75, 3.05) is 25.2 Å². The Kier molecular flexibility index (Phi) is 6.28. The van der Waals surface area contributed by atoms with Crippen molar-refractivity contribution in [1.82, 2.24) is 4.90 Å². The molecule has 0 spiro atoms. The number of halogens is 2. The second kappa shape index (κ2) is 8.07. The molecule has 0 bridgehead atoms. The van der Waals surface area contributed by atoms with Crippen LogP contribution in [0, 0.1) is 0 Å². The smallest absolute Gasteiger partial charge is 0.254 e. The molecule has 2 amide bonds. The summed E-state index contributed by atoms with van der Waals surface area (Å²) in [7, 11) is -0.617. The van der Waals surface area contributed by atoms with Gasteiger partial charge in [-0.05, 0) is 42.5 Å². The van der Waals surface area contributed by atoms with E-state index in [2.05, 4.69) is 5.32 Å². The lowest BCUT2D eigenvalue weighted by atomic mass is 10.2. The van der Waals surface area contributed by atoms with Gasteiger partial charge >= 0.3 is 0 Å². The Morgan fingerprint density at radius 2 is 1.65 bits per heavy atom. The van der Waals surface area contributed by atoms with Crippen LogP contribution in [0.1, 0.15) is 10.4 Å². The number of carbonyl (C=O) groups is 2. The minimum absolute atomic E-state index is 0.00186. The molecule has 2 aromatic rings. The quantitative estimate of drug-likeness (QED) is 0.814. The molecule has 0 aliphatic heterocycles. The second-order valence-corrected chi connectivity index (χ2v) is 8.49. The first kappa shape index (κ1) is 20.2. The molecule has 0 unspecified atom stereocenters. The Morgan fingerprint density at radius 1 is 1.04 bits per heavy atom. The highest BCUT2D eigenvalue weighted by molar-refractivity contribution is 7.92. The van der Waals surface area contributed by atoms with Crippen LogP contribution in [0.2, 0.25) is 10.0 Å². The predicted octanol–water partition coefficient (Wildman–Crippen LogP) is 3.11. The molecule has 1 N–H and O–H groups in total. The molecular weight excluding hydrogens is 399 g/mol. The van der Waals surface area contributed by atoms with E-state index in [9.17, 15) is 18.0 Å². The molecule has 0 fully saturated rings. The number of amides is 2. The number of sulfone groups is 1. The molecule has 0 saturated carbocycles. The van der Waals surface area contributed by atoms with Gasteiger partial charge < -0.3 is 10.2 Å². The van der Waals surface area contributed by atoms with E-state index in [-0.39, 0.29) is 21.4 Å². The van der Waals surface area contributed by atoms with Gasteiger partial charge in [-0.3, -0.25) is 9.59 Å². The molecule has 138 valence electrons. The van der Waals surface area contributed by atoms with Gasteiger partial charge in [0, 0.05) is 24.8 Å². The van der Waals surface area contributed by atoms with E-state index in [1.807, 2.05) is 0 Å². The zero-order valence-electron chi connectivity index (χ0n) is 14.0. The third-order valence-electron chi connectivity index (χ3n) is 3.38. The zero-order chi connectivity index (χ0) is 19.5. The van der Waals surface area contributed by atoms with Crippen LogP contribution in [-0.4, -0.2) is 45.0 Å². The van der Waals surface area contributed by atoms with Crippen molar-refractivity contribution in [3.8, 4) is 0 Å². The molecule has 9 heteroatoms. The Labute approximate surface area is 161 Å². The van der Waals surface area contributed by atoms with Gasteiger partial charge in [-0.25, -0.2) is 8.42 Å². The van der Waals surface area contributed by atoms with Crippen LogP contribution in [-0.2, 0) is 14.6 Å². The number of rotatable bonds is 5. The first-order chi connectivity index (χ1) is 12.1. The lowest BCUT2D eigenvalue weighted by molar-refractivity contribution is -0.113. The van der Waals surface area contributed by atoms with Crippen LogP contribution >= 0.6 is 23.2 Å². The monoisotopic (exact) mass is 414 g/mol. The fourth-order valence-electron chi connectivity index (χ4n) is 2.10. The van der Waals surface area contributed by atoms with Crippen LogP contribution in [0.3, 0.4) is 0 Å². The van der Waals surface area contributed by atoms with Crippen LogP contribution in [0.25, 0.3) is 0 Å². The van der Waals surface area contributed by atoms with Crippen molar-refractivity contribution in [2.24, 2.45) is 0 Å². The Hall–Kier alpha value is -2.09. The van der Waals surface area contributed by atoms with Crippen molar-refractivity contribution in [3.63, 3.8) is 0 Å². The van der Waals surface area contributed by atoms with Crippen molar-refractivity contribution in [2.45, 2.75) is 4.90 Å². The molecular formula is C17H16Cl2N2O4S. The van der Waals surface area contributed by atoms with Crippen molar-refractivity contribution in [3.05, 3.63) is 58.1 Å². The predicted molar refractivity (Wildman–Crippen MR) is 102 cm³/mol. The first-order valence-electron chi connectivity index (χ1n) is 7.39. The lowest BCUT2D eigenvalue weighted by Gasteiger charge is -2.13. The van der Waals surface area contributed by atoms with Crippen LogP contribution < -0.4 is 5.32 Å². The van der Waals surface area contributed by atoms with Crippen LogP contribution in [0.4, 0.5) is 5.69 Å². The average molecular weight is 415 g/mol. The van der Waals surface area contributed by atoms with Crippen molar-refractivity contribution < 1.29 is 18.0 Å². The van der Waals surface area contributed by atoms with Crippen molar-refractivity contribution in [1.29, 1.82) is 0 Å². The molecule has 0 atom stereocenters. The SMILES string of the molecule is CN(C)C(=O)c1ccc(NC(=O)CS(=O)(=O)c2ccc(Cl)cc2)cc1Cl. The molecule has 26 heavy (non-hydrogen) atoms. The summed E-state index contributed by atoms with van der Waals surface area (Å²) in [5.74, 6) is -1.73. The number of nitrogens with zero attached hydrogens (tertiary/aromatic N) is 1. The standard InChI is InChI=1S/C17H16Cl2N2O4S/c1-21(2)17(23)14-8-5-12(9-15(14)19)20-16(22)10-26(24,25)13-6-3-11(18)4-7-13/h3-9H,10H2,1-2H3,(H,20,22). The summed E-state index contributed by atoms with van der Waals surface area (Å²) >= 11 is 11.8. The van der Waals surface area contributed by atoms with Gasteiger partial charge in [0.1, 0.15) is 5.75 Å². The summed E-state index contributed by atoms with van der Waals surface area (Å²) in [6.45, 7) is 0. The maximum atomic E-state index is 12.2. The number of benzene rings is 2. The van der Waals surface area contributed by atoms with E-state index in [1.165, 1.54) is 47.4 Å². The Bertz CT molecular complexity index is 942. The highest BCUT2D eigenvalue weighted by atomic mass is 35.5. The molecule has 2 aromatic carbocycles. The summed E-state index contributed by atoms with van der Waals surface area (Å²) in [6, 6.07) is 9.89. The highest BCUT2D eigenvalue weighted by Gasteiger charge is 2.20. The average Bonchev–Trinajstić information content (AvgIpc) is 2.54. The van der Waals surface area contributed by atoms with Gasteiger partial charge in [0.15, 0.2) is 9.84 Å². The topological polar surface area (TPSA) is 83.6 Å². The third kappa shape index (κ3) is 4.97. The van der Waals surface area contributed by atoms with E-state index in [1.54, 1.807) is 14.1 Å². The molecule has 2 rings (SSSR count). The molecule has 0 aromatic heterocycles. The number of hydrogen-bond acceptors (Lipinski definition) is 4. The first-order valence-corrected chi connectivity index (χ1v) is 9.80. The number of nitrogens with one attached hydrogen (secondary N) is 1. The number of carbonyl (C=O) groups excluding carboxylic acids is 2. The highest BCUT2D eigenvalue weighted by Crippen LogP contribution is 2.22. The molecule has 0 heterocycles.